The fourth-order valence-corrected chi connectivity index (χ4v) is 0. The van der Waals surface area contributed by atoms with Crippen LogP contribution in [0.1, 0.15) is 0 Å². The Bertz CT molecular complexity index is 82.0. The summed E-state index contributed by atoms with van der Waals surface area (Å²) in [5.41, 5.74) is 0. The second-order valence-corrected chi connectivity index (χ2v) is 1.42. The second-order valence-electron chi connectivity index (χ2n) is 0.610. The number of rotatable bonds is 1. The quantitative estimate of drug-likeness (QED) is 0.328. The van der Waals surface area contributed by atoms with Crippen LogP contribution < -0.4 is 0 Å². The Morgan fingerprint density at radius 1 is 0.875 bits per heavy atom. The molecule has 0 aliphatic rings. The Labute approximate surface area is 144 Å². The molecule has 2 radical (unpaired) electrons. The molecule has 2 nitrogen and oxygen atoms in total. The SMILES string of the molecule is O=C(S)C(=O)S.[K].[K]. The van der Waals surface area contributed by atoms with Crippen molar-refractivity contribution in [2.24, 2.45) is 0 Å². The summed E-state index contributed by atoms with van der Waals surface area (Å²) >= 11 is 6.26. The topological polar surface area (TPSA) is 34.1 Å². The Kier molecular flexibility index (Phi) is 22.4. The first-order valence-electron chi connectivity index (χ1n) is 1.11. The standard InChI is InChI=1S/C2H2O2S2.2K/c3-1(5)2(4)6;;/h(H,3,5)(H,4,6);;. The van der Waals surface area contributed by atoms with Crippen LogP contribution in [0.2, 0.25) is 0 Å². The van der Waals surface area contributed by atoms with Gasteiger partial charge in [-0.15, -0.1) is 0 Å². The number of hydrogen-bond acceptors (Lipinski definition) is 2. The summed E-state index contributed by atoms with van der Waals surface area (Å²) in [5.74, 6) is 0. The van der Waals surface area contributed by atoms with Crippen molar-refractivity contribution in [3.63, 3.8) is 0 Å². The second kappa shape index (κ2) is 10.3. The zero-order valence-corrected chi connectivity index (χ0v) is 12.7. The molecule has 0 heterocycles. The van der Waals surface area contributed by atoms with Gasteiger partial charge in [0.1, 0.15) is 0 Å². The summed E-state index contributed by atoms with van der Waals surface area (Å²) in [6, 6.07) is 0. The summed E-state index contributed by atoms with van der Waals surface area (Å²) in [6.07, 6.45) is 0. The molecule has 6 heteroatoms. The number of hydrogen-bond donors (Lipinski definition) is 2. The van der Waals surface area contributed by atoms with Gasteiger partial charge in [-0.2, -0.15) is 0 Å². The normalized spacial score (nSPS) is 5.75. The van der Waals surface area contributed by atoms with E-state index in [-0.39, 0.29) is 103 Å². The van der Waals surface area contributed by atoms with Crippen LogP contribution in [0.15, 0.2) is 0 Å². The first-order chi connectivity index (χ1) is 2.64. The summed E-state index contributed by atoms with van der Waals surface area (Å²) in [6.45, 7) is 0. The third-order valence-corrected chi connectivity index (χ3v) is 0.766. The van der Waals surface area contributed by atoms with Crippen LogP contribution in [0, 0.1) is 0 Å². The van der Waals surface area contributed by atoms with E-state index >= 15 is 0 Å². The molecule has 36 valence electrons. The summed E-state index contributed by atoms with van der Waals surface area (Å²) < 4.78 is 0. The molecular weight excluding hydrogens is 198 g/mol. The van der Waals surface area contributed by atoms with Crippen LogP contribution in [0.3, 0.4) is 0 Å². The molecule has 0 aromatic heterocycles. The number of carbonyl (C=O) groups excluding carboxylic acids is 2. The fourth-order valence-electron chi connectivity index (χ4n) is 0. The first-order valence-corrected chi connectivity index (χ1v) is 2.00. The Hall–Kier alpha value is 3.31. The van der Waals surface area contributed by atoms with Crippen molar-refractivity contribution in [2.75, 3.05) is 0 Å². The summed E-state index contributed by atoms with van der Waals surface area (Å²) in [7, 11) is 0. The van der Waals surface area contributed by atoms with Crippen molar-refractivity contribution in [3.05, 3.63) is 0 Å². The van der Waals surface area contributed by atoms with Gasteiger partial charge in [0.15, 0.2) is 0 Å². The minimum Gasteiger partial charge on any atom is -0.277 e. The predicted molar refractivity (Wildman–Crippen MR) is 39.5 cm³/mol. The molecule has 0 unspecified atom stereocenters. The minimum absolute atomic E-state index is 0. The predicted octanol–water partition coefficient (Wildman–Crippen LogP) is -0.862. The van der Waals surface area contributed by atoms with Crippen LogP contribution in [-0.4, -0.2) is 113 Å². The molecule has 0 spiro atoms. The molecule has 0 bridgehead atoms. The van der Waals surface area contributed by atoms with Gasteiger partial charge in [0.05, 0.1) is 0 Å². The molecular formula is C2H2K2O2S2. The van der Waals surface area contributed by atoms with Crippen molar-refractivity contribution in [2.45, 2.75) is 0 Å². The van der Waals surface area contributed by atoms with E-state index in [9.17, 15) is 9.59 Å². The third kappa shape index (κ3) is 12.0. The maximum atomic E-state index is 9.58. The van der Waals surface area contributed by atoms with Crippen molar-refractivity contribution in [3.8, 4) is 0 Å². The van der Waals surface area contributed by atoms with Crippen molar-refractivity contribution >= 4 is 138 Å². The van der Waals surface area contributed by atoms with Gasteiger partial charge in [-0.3, -0.25) is 9.59 Å². The van der Waals surface area contributed by atoms with E-state index < -0.39 is 10.2 Å². The summed E-state index contributed by atoms with van der Waals surface area (Å²) in [4.78, 5) is 19.2. The molecule has 0 saturated carbocycles. The van der Waals surface area contributed by atoms with E-state index in [2.05, 4.69) is 25.3 Å². The third-order valence-electron chi connectivity index (χ3n) is 0.183. The monoisotopic (exact) mass is 200 g/mol. The molecule has 0 atom stereocenters. The maximum absolute atomic E-state index is 9.58. The van der Waals surface area contributed by atoms with Gasteiger partial charge >= 0.3 is 0 Å². The van der Waals surface area contributed by atoms with Crippen LogP contribution >= 0.6 is 25.3 Å². The fraction of sp³-hybridized carbons (Fsp3) is 0. The van der Waals surface area contributed by atoms with Gasteiger partial charge < -0.3 is 0 Å². The van der Waals surface area contributed by atoms with E-state index in [0.717, 1.165) is 0 Å². The molecule has 0 aromatic carbocycles. The Balaban J connectivity index is -0.000000125. The van der Waals surface area contributed by atoms with Gasteiger partial charge in [-0.1, -0.05) is 25.3 Å². The van der Waals surface area contributed by atoms with Crippen molar-refractivity contribution < 1.29 is 9.59 Å². The largest absolute Gasteiger partial charge is 0.277 e. The molecule has 0 fully saturated rings. The number of thiol groups is 2. The average molecular weight is 200 g/mol. The van der Waals surface area contributed by atoms with Crippen LogP contribution in [0.25, 0.3) is 0 Å². The zero-order valence-electron chi connectivity index (χ0n) is 4.71. The minimum atomic E-state index is -0.821. The van der Waals surface area contributed by atoms with Crippen LogP contribution in [0.5, 0.6) is 0 Å². The van der Waals surface area contributed by atoms with Gasteiger partial charge in [0.2, 0.25) is 0 Å². The van der Waals surface area contributed by atoms with E-state index in [1.807, 2.05) is 0 Å². The van der Waals surface area contributed by atoms with E-state index in [1.165, 1.54) is 0 Å². The molecule has 0 amide bonds. The molecule has 0 aliphatic carbocycles. The molecule has 0 aliphatic heterocycles. The number of carbonyl (C=O) groups is 2. The van der Waals surface area contributed by atoms with Gasteiger partial charge in [0.25, 0.3) is 10.2 Å². The maximum Gasteiger partial charge on any atom is 0.262 e. The molecule has 0 rings (SSSR count). The van der Waals surface area contributed by atoms with E-state index in [0.29, 0.717) is 0 Å². The van der Waals surface area contributed by atoms with Crippen LogP contribution in [-0.2, 0) is 9.59 Å². The van der Waals surface area contributed by atoms with Gasteiger partial charge in [-0.25, -0.2) is 0 Å². The van der Waals surface area contributed by atoms with E-state index in [1.54, 1.807) is 0 Å². The van der Waals surface area contributed by atoms with Crippen molar-refractivity contribution in [1.82, 2.24) is 0 Å². The Morgan fingerprint density at radius 3 is 1.00 bits per heavy atom. The summed E-state index contributed by atoms with van der Waals surface area (Å²) in [5, 5.41) is -1.64. The molecule has 8 heavy (non-hydrogen) atoms. The molecule has 0 N–H and O–H groups in total. The first kappa shape index (κ1) is 17.4. The average Bonchev–Trinajstić information content (AvgIpc) is 1.36. The zero-order chi connectivity index (χ0) is 5.15. The van der Waals surface area contributed by atoms with E-state index in [4.69, 9.17) is 0 Å². The molecule has 0 aromatic rings. The van der Waals surface area contributed by atoms with Crippen LogP contribution in [0.4, 0.5) is 0 Å². The smallest absolute Gasteiger partial charge is 0.262 e. The van der Waals surface area contributed by atoms with Crippen molar-refractivity contribution in [1.29, 1.82) is 0 Å². The van der Waals surface area contributed by atoms with Gasteiger partial charge in [0, 0.05) is 103 Å². The van der Waals surface area contributed by atoms with Gasteiger partial charge in [-0.05, 0) is 0 Å². The molecule has 0 saturated heterocycles. The Morgan fingerprint density at radius 2 is 1.00 bits per heavy atom.